The van der Waals surface area contributed by atoms with Gasteiger partial charge in [0.15, 0.2) is 0 Å². The topological polar surface area (TPSA) is 68.3 Å². The summed E-state index contributed by atoms with van der Waals surface area (Å²) in [5.74, 6) is -0.00406. The number of fused-ring (bicyclic) bond motifs is 1. The van der Waals surface area contributed by atoms with Crippen LogP contribution in [0.3, 0.4) is 0 Å². The molecule has 0 aromatic heterocycles. The summed E-state index contributed by atoms with van der Waals surface area (Å²) in [5, 5.41) is 1.51. The molecular weight excluding hydrogens is 324 g/mol. The molecule has 2 amide bonds. The molecule has 3 atom stereocenters. The minimum absolute atomic E-state index is 0.0124. The smallest absolute Gasteiger partial charge is 0.251 e. The first-order valence-corrected chi connectivity index (χ1v) is 9.68. The zero-order valence-electron chi connectivity index (χ0n) is 14.7. The van der Waals surface area contributed by atoms with E-state index < -0.39 is 0 Å². The highest BCUT2D eigenvalue weighted by Gasteiger charge is 2.46. The lowest BCUT2D eigenvalue weighted by Crippen LogP contribution is -2.57. The summed E-state index contributed by atoms with van der Waals surface area (Å²) in [6.07, 6.45) is 5.09. The maximum absolute atomic E-state index is 13.1. The number of hydrogen-bond acceptors (Lipinski definition) is 5. The Kier molecular flexibility index (Phi) is 5.24. The number of likely N-dealkylation sites (tertiary alicyclic amines) is 1. The fourth-order valence-corrected chi connectivity index (χ4v) is 4.53. The van der Waals surface area contributed by atoms with Crippen molar-refractivity contribution in [1.29, 1.82) is 0 Å². The van der Waals surface area contributed by atoms with Crippen molar-refractivity contribution in [2.45, 2.75) is 50.7 Å². The van der Waals surface area contributed by atoms with E-state index in [9.17, 15) is 9.59 Å². The van der Waals surface area contributed by atoms with E-state index in [1.165, 1.54) is 5.06 Å². The third kappa shape index (κ3) is 3.55. The van der Waals surface area contributed by atoms with Crippen molar-refractivity contribution in [3.05, 3.63) is 0 Å². The van der Waals surface area contributed by atoms with E-state index in [4.69, 9.17) is 14.3 Å². The Hall–Kier alpha value is -1.18. The number of hydroxylamine groups is 2. The zero-order valence-corrected chi connectivity index (χ0v) is 14.7. The average molecular weight is 352 g/mol. The fraction of sp³-hybridized carbons (Fsp3) is 0.889. The summed E-state index contributed by atoms with van der Waals surface area (Å²) in [5.41, 5.74) is 0. The predicted octanol–water partition coefficient (Wildman–Crippen LogP) is 0.973. The predicted molar refractivity (Wildman–Crippen MR) is 88.4 cm³/mol. The molecule has 0 bridgehead atoms. The molecule has 0 unspecified atom stereocenters. The van der Waals surface area contributed by atoms with E-state index in [2.05, 4.69) is 0 Å². The quantitative estimate of drug-likeness (QED) is 0.741. The number of carbonyl (C=O) groups excluding carboxylic acids is 2. The van der Waals surface area contributed by atoms with Crippen molar-refractivity contribution in [3.8, 4) is 0 Å². The lowest BCUT2D eigenvalue weighted by molar-refractivity contribution is -0.204. The van der Waals surface area contributed by atoms with Gasteiger partial charge >= 0.3 is 0 Å². The van der Waals surface area contributed by atoms with Crippen molar-refractivity contribution in [2.24, 2.45) is 11.8 Å². The molecule has 0 aromatic rings. The van der Waals surface area contributed by atoms with E-state index in [-0.39, 0.29) is 35.8 Å². The lowest BCUT2D eigenvalue weighted by Gasteiger charge is -2.43. The highest BCUT2D eigenvalue weighted by molar-refractivity contribution is 5.82. The van der Waals surface area contributed by atoms with Gasteiger partial charge in [0.25, 0.3) is 5.91 Å². The maximum atomic E-state index is 13.1. The molecule has 140 valence electrons. The van der Waals surface area contributed by atoms with Crippen LogP contribution < -0.4 is 0 Å². The van der Waals surface area contributed by atoms with Crippen LogP contribution in [0.1, 0.15) is 38.5 Å². The third-order valence-electron chi connectivity index (χ3n) is 5.96. The number of carbonyl (C=O) groups is 2. The molecule has 0 saturated carbocycles. The van der Waals surface area contributed by atoms with E-state index in [1.54, 1.807) is 0 Å². The molecule has 4 saturated heterocycles. The van der Waals surface area contributed by atoms with Gasteiger partial charge in [-0.3, -0.25) is 14.4 Å². The van der Waals surface area contributed by atoms with Crippen LogP contribution in [0.15, 0.2) is 0 Å². The molecule has 4 aliphatic rings. The van der Waals surface area contributed by atoms with Crippen LogP contribution in [-0.4, -0.2) is 73.4 Å². The van der Waals surface area contributed by atoms with E-state index in [0.717, 1.165) is 32.1 Å². The van der Waals surface area contributed by atoms with Gasteiger partial charge in [-0.2, -0.15) is 0 Å². The van der Waals surface area contributed by atoms with Crippen LogP contribution in [0.2, 0.25) is 0 Å². The van der Waals surface area contributed by atoms with Gasteiger partial charge in [-0.1, -0.05) is 0 Å². The number of hydrogen-bond donors (Lipinski definition) is 0. The highest BCUT2D eigenvalue weighted by atomic mass is 16.7. The van der Waals surface area contributed by atoms with Crippen molar-refractivity contribution in [3.63, 3.8) is 0 Å². The van der Waals surface area contributed by atoms with Gasteiger partial charge in [-0.25, -0.2) is 5.06 Å². The molecule has 7 nitrogen and oxygen atoms in total. The summed E-state index contributed by atoms with van der Waals surface area (Å²) in [7, 11) is 0. The minimum atomic E-state index is -0.221. The van der Waals surface area contributed by atoms with E-state index in [0.29, 0.717) is 45.9 Å². The van der Waals surface area contributed by atoms with E-state index >= 15 is 0 Å². The van der Waals surface area contributed by atoms with Gasteiger partial charge in [0.1, 0.15) is 0 Å². The van der Waals surface area contributed by atoms with Gasteiger partial charge in [0.2, 0.25) is 5.91 Å². The maximum Gasteiger partial charge on any atom is 0.251 e. The van der Waals surface area contributed by atoms with Crippen molar-refractivity contribution in [2.75, 3.05) is 39.5 Å². The monoisotopic (exact) mass is 352 g/mol. The van der Waals surface area contributed by atoms with Crippen LogP contribution in [0.25, 0.3) is 0 Å². The third-order valence-corrected chi connectivity index (χ3v) is 5.96. The number of nitrogens with zero attached hydrogens (tertiary/aromatic N) is 2. The average Bonchev–Trinajstić information content (AvgIpc) is 3.16. The van der Waals surface area contributed by atoms with Crippen molar-refractivity contribution < 1.29 is 23.9 Å². The summed E-state index contributed by atoms with van der Waals surface area (Å²) < 4.78 is 11.3. The fourth-order valence-electron chi connectivity index (χ4n) is 4.53. The van der Waals surface area contributed by atoms with Crippen molar-refractivity contribution in [1.82, 2.24) is 9.96 Å². The second-order valence-electron chi connectivity index (χ2n) is 7.56. The number of piperidine rings is 1. The summed E-state index contributed by atoms with van der Waals surface area (Å²) >= 11 is 0. The molecule has 25 heavy (non-hydrogen) atoms. The first-order valence-electron chi connectivity index (χ1n) is 9.68. The Labute approximate surface area is 148 Å². The Bertz CT molecular complexity index is 502. The SMILES string of the molecule is O=C([C@H]1C[C@H]2OCC[C@H]2N(C(=O)C2CCOCC2)C1)N1CCCCO1. The Morgan fingerprint density at radius 1 is 0.880 bits per heavy atom. The summed E-state index contributed by atoms with van der Waals surface area (Å²) in [6.45, 7) is 3.73. The molecule has 0 N–H and O–H groups in total. The Morgan fingerprint density at radius 3 is 2.48 bits per heavy atom. The molecule has 7 heteroatoms. The largest absolute Gasteiger partial charge is 0.381 e. The molecule has 4 rings (SSSR count). The lowest BCUT2D eigenvalue weighted by atomic mass is 9.87. The first-order chi connectivity index (χ1) is 12.2. The van der Waals surface area contributed by atoms with Crippen molar-refractivity contribution >= 4 is 11.8 Å². The van der Waals surface area contributed by atoms with Gasteiger partial charge in [-0.05, 0) is 38.5 Å². The second kappa shape index (κ2) is 7.60. The van der Waals surface area contributed by atoms with Gasteiger partial charge in [0, 0.05) is 38.8 Å². The normalized spacial score (nSPS) is 34.0. The molecule has 0 aliphatic carbocycles. The molecule has 4 aliphatic heterocycles. The molecule has 4 heterocycles. The number of rotatable bonds is 2. The summed E-state index contributed by atoms with van der Waals surface area (Å²) in [6, 6.07) is 0.127. The Balaban J connectivity index is 1.47. The van der Waals surface area contributed by atoms with Gasteiger partial charge in [0.05, 0.1) is 24.7 Å². The highest BCUT2D eigenvalue weighted by Crippen LogP contribution is 2.34. The van der Waals surface area contributed by atoms with Crippen LogP contribution >= 0.6 is 0 Å². The van der Waals surface area contributed by atoms with Crippen LogP contribution in [0, 0.1) is 11.8 Å². The molecule has 0 radical (unpaired) electrons. The molecule has 0 aromatic carbocycles. The molecule has 0 spiro atoms. The van der Waals surface area contributed by atoms with E-state index in [1.807, 2.05) is 4.90 Å². The van der Waals surface area contributed by atoms with Gasteiger partial charge in [-0.15, -0.1) is 0 Å². The van der Waals surface area contributed by atoms with Gasteiger partial charge < -0.3 is 14.4 Å². The standard InChI is InChI=1S/C18H28N2O5/c21-17(13-3-8-23-9-4-13)19-12-14(11-16-15(19)5-10-24-16)18(22)20-6-1-2-7-25-20/h13-16H,1-12H2/t14-,15+,16+/m0/s1. The van der Waals surface area contributed by atoms with Crippen LogP contribution in [-0.2, 0) is 23.9 Å². The second-order valence-corrected chi connectivity index (χ2v) is 7.56. The number of amides is 2. The first kappa shape index (κ1) is 17.2. The number of ether oxygens (including phenoxy) is 2. The Morgan fingerprint density at radius 2 is 1.72 bits per heavy atom. The summed E-state index contributed by atoms with van der Waals surface area (Å²) in [4.78, 5) is 33.5. The minimum Gasteiger partial charge on any atom is -0.381 e. The van der Waals surface area contributed by atoms with Crippen LogP contribution in [0.4, 0.5) is 0 Å². The zero-order chi connectivity index (χ0) is 17.2. The molecular formula is C18H28N2O5. The van der Waals surface area contributed by atoms with Crippen LogP contribution in [0.5, 0.6) is 0 Å². The molecule has 4 fully saturated rings.